The van der Waals surface area contributed by atoms with Crippen LogP contribution in [0, 0.1) is 0 Å². The minimum Gasteiger partial charge on any atom is -0.462 e. The van der Waals surface area contributed by atoms with Crippen molar-refractivity contribution in [2.45, 2.75) is 31.3 Å². The minimum atomic E-state index is -0.405. The van der Waals surface area contributed by atoms with Crippen LogP contribution in [-0.4, -0.2) is 41.6 Å². The summed E-state index contributed by atoms with van der Waals surface area (Å²) in [6.45, 7) is 4.39. The predicted octanol–water partition coefficient (Wildman–Crippen LogP) is 7.12. The highest BCUT2D eigenvalue weighted by atomic mass is 35.5. The van der Waals surface area contributed by atoms with Gasteiger partial charge in [-0.3, -0.25) is 14.5 Å². The predicted molar refractivity (Wildman–Crippen MR) is 170 cm³/mol. The van der Waals surface area contributed by atoms with Gasteiger partial charge in [0.05, 0.1) is 17.9 Å². The molecular weight excluding hydrogens is 590 g/mol. The Balaban J connectivity index is 1.23. The number of thiophene rings is 1. The number of amides is 2. The lowest BCUT2D eigenvalue weighted by molar-refractivity contribution is -0.113. The van der Waals surface area contributed by atoms with Gasteiger partial charge in [0.2, 0.25) is 5.91 Å². The maximum Gasteiger partial charge on any atom is 0.341 e. The van der Waals surface area contributed by atoms with Crippen molar-refractivity contribution in [3.8, 4) is 0 Å². The standard InChI is InChI=1S/C32H30ClN3O4S2/c1-2-40-32(39)29-26-14-15-36(18-21-8-4-3-5-9-21)19-27(26)42-31(29)35-28(37)20-41-25-13-7-12-24(17-25)34-30(38)22-10-6-11-23(33)16-22/h3-13,16-17H,2,14-15,18-20H2,1H3,(H,34,38)(H,35,37). The van der Waals surface area contributed by atoms with E-state index in [1.165, 1.54) is 28.7 Å². The van der Waals surface area contributed by atoms with E-state index >= 15 is 0 Å². The number of nitrogens with one attached hydrogen (secondary N) is 2. The van der Waals surface area contributed by atoms with Crippen molar-refractivity contribution in [2.24, 2.45) is 0 Å². The Kier molecular flexibility index (Phi) is 9.97. The van der Waals surface area contributed by atoms with Gasteiger partial charge >= 0.3 is 5.97 Å². The Morgan fingerprint density at radius 1 is 1.00 bits per heavy atom. The van der Waals surface area contributed by atoms with Crippen LogP contribution in [0.1, 0.15) is 43.6 Å². The van der Waals surface area contributed by atoms with Crippen LogP contribution in [0.5, 0.6) is 0 Å². The number of ether oxygens (including phenoxy) is 1. The largest absolute Gasteiger partial charge is 0.462 e. The number of hydrogen-bond donors (Lipinski definition) is 2. The van der Waals surface area contributed by atoms with E-state index in [0.29, 0.717) is 39.8 Å². The molecule has 2 heterocycles. The zero-order chi connectivity index (χ0) is 29.5. The molecule has 0 unspecified atom stereocenters. The van der Waals surface area contributed by atoms with Gasteiger partial charge in [-0.05, 0) is 60.9 Å². The van der Waals surface area contributed by atoms with Crippen molar-refractivity contribution < 1.29 is 19.1 Å². The molecule has 0 saturated heterocycles. The molecule has 0 saturated carbocycles. The van der Waals surface area contributed by atoms with E-state index in [9.17, 15) is 14.4 Å². The summed E-state index contributed by atoms with van der Waals surface area (Å²) in [4.78, 5) is 42.8. The van der Waals surface area contributed by atoms with Gasteiger partial charge < -0.3 is 15.4 Å². The number of fused-ring (bicyclic) bond motifs is 1. The monoisotopic (exact) mass is 619 g/mol. The highest BCUT2D eigenvalue weighted by Gasteiger charge is 2.29. The quantitative estimate of drug-likeness (QED) is 0.145. The number of halogens is 1. The number of benzene rings is 3. The van der Waals surface area contributed by atoms with Crippen molar-refractivity contribution in [3.63, 3.8) is 0 Å². The third-order valence-corrected chi connectivity index (χ3v) is 9.03. The van der Waals surface area contributed by atoms with Crippen molar-refractivity contribution in [2.75, 3.05) is 29.5 Å². The van der Waals surface area contributed by atoms with Gasteiger partial charge in [-0.1, -0.05) is 54.1 Å². The minimum absolute atomic E-state index is 0.136. The molecule has 7 nitrogen and oxygen atoms in total. The maximum absolute atomic E-state index is 13.0. The molecule has 3 aromatic carbocycles. The number of carbonyl (C=O) groups excluding carboxylic acids is 3. The molecule has 2 amide bonds. The third-order valence-electron chi connectivity index (χ3n) is 6.67. The molecule has 0 bridgehead atoms. The fourth-order valence-electron chi connectivity index (χ4n) is 4.75. The first kappa shape index (κ1) is 29.8. The molecule has 0 radical (unpaired) electrons. The Bertz CT molecular complexity index is 1590. The zero-order valence-electron chi connectivity index (χ0n) is 23.0. The van der Waals surface area contributed by atoms with Gasteiger partial charge in [0, 0.05) is 45.7 Å². The molecular formula is C32H30ClN3O4S2. The first-order valence-corrected chi connectivity index (χ1v) is 15.7. The van der Waals surface area contributed by atoms with E-state index in [0.717, 1.165) is 28.4 Å². The summed E-state index contributed by atoms with van der Waals surface area (Å²) >= 11 is 8.80. The summed E-state index contributed by atoms with van der Waals surface area (Å²) in [6.07, 6.45) is 0.713. The van der Waals surface area contributed by atoms with Gasteiger partial charge in [0.25, 0.3) is 5.91 Å². The number of nitrogens with zero attached hydrogens (tertiary/aromatic N) is 1. The average Bonchev–Trinajstić information content (AvgIpc) is 3.34. The fourth-order valence-corrected chi connectivity index (χ4v) is 6.99. The van der Waals surface area contributed by atoms with Gasteiger partial charge in [0.1, 0.15) is 5.00 Å². The number of carbonyl (C=O) groups is 3. The Hall–Kier alpha value is -3.63. The van der Waals surface area contributed by atoms with Crippen molar-refractivity contribution >= 4 is 63.2 Å². The third kappa shape index (κ3) is 7.60. The van der Waals surface area contributed by atoms with E-state index in [4.69, 9.17) is 16.3 Å². The second-order valence-electron chi connectivity index (χ2n) is 9.70. The van der Waals surface area contributed by atoms with Gasteiger partial charge in [-0.2, -0.15) is 0 Å². The zero-order valence-corrected chi connectivity index (χ0v) is 25.4. The van der Waals surface area contributed by atoms with E-state index in [2.05, 4.69) is 27.7 Å². The molecule has 0 spiro atoms. The van der Waals surface area contributed by atoms with Crippen LogP contribution in [0.2, 0.25) is 5.02 Å². The summed E-state index contributed by atoms with van der Waals surface area (Å²) in [6, 6.07) is 24.3. The molecule has 0 aliphatic carbocycles. The number of rotatable bonds is 10. The highest BCUT2D eigenvalue weighted by Crippen LogP contribution is 2.38. The maximum atomic E-state index is 13.0. The van der Waals surface area contributed by atoms with Crippen LogP contribution < -0.4 is 10.6 Å². The van der Waals surface area contributed by atoms with E-state index in [1.807, 2.05) is 36.4 Å². The Morgan fingerprint density at radius 3 is 2.60 bits per heavy atom. The van der Waals surface area contributed by atoms with E-state index in [-0.39, 0.29) is 24.2 Å². The molecule has 4 aromatic rings. The van der Waals surface area contributed by atoms with Crippen LogP contribution in [0.15, 0.2) is 83.8 Å². The molecule has 1 aliphatic heterocycles. The lowest BCUT2D eigenvalue weighted by atomic mass is 10.0. The highest BCUT2D eigenvalue weighted by molar-refractivity contribution is 8.00. The van der Waals surface area contributed by atoms with Gasteiger partial charge in [-0.15, -0.1) is 23.1 Å². The summed E-state index contributed by atoms with van der Waals surface area (Å²) in [5, 5.41) is 6.86. The molecule has 10 heteroatoms. The smallest absolute Gasteiger partial charge is 0.341 e. The summed E-state index contributed by atoms with van der Waals surface area (Å²) in [7, 11) is 0. The van der Waals surface area contributed by atoms with Crippen LogP contribution in [0.4, 0.5) is 10.7 Å². The fraction of sp³-hybridized carbons (Fsp3) is 0.219. The number of esters is 1. The number of hydrogen-bond acceptors (Lipinski definition) is 7. The van der Waals surface area contributed by atoms with E-state index in [1.54, 1.807) is 37.3 Å². The van der Waals surface area contributed by atoms with Crippen LogP contribution in [0.25, 0.3) is 0 Å². The van der Waals surface area contributed by atoms with Gasteiger partial charge in [-0.25, -0.2) is 4.79 Å². The lowest BCUT2D eigenvalue weighted by Crippen LogP contribution is -2.30. The average molecular weight is 620 g/mol. The first-order chi connectivity index (χ1) is 20.4. The number of thioether (sulfide) groups is 1. The molecule has 2 N–H and O–H groups in total. The van der Waals surface area contributed by atoms with Crippen molar-refractivity contribution in [3.05, 3.63) is 111 Å². The second-order valence-corrected chi connectivity index (χ2v) is 12.3. The van der Waals surface area contributed by atoms with Crippen LogP contribution in [-0.2, 0) is 29.0 Å². The number of anilines is 2. The van der Waals surface area contributed by atoms with Gasteiger partial charge in [0.15, 0.2) is 0 Å². The first-order valence-electron chi connectivity index (χ1n) is 13.6. The normalized spacial score (nSPS) is 12.8. The van der Waals surface area contributed by atoms with Crippen LogP contribution in [0.3, 0.4) is 0 Å². The molecule has 0 fully saturated rings. The molecule has 0 atom stereocenters. The Morgan fingerprint density at radius 2 is 1.81 bits per heavy atom. The molecule has 1 aliphatic rings. The molecule has 42 heavy (non-hydrogen) atoms. The topological polar surface area (TPSA) is 87.7 Å². The van der Waals surface area contributed by atoms with Crippen LogP contribution >= 0.6 is 34.7 Å². The Labute approximate surface area is 258 Å². The molecule has 1 aromatic heterocycles. The summed E-state index contributed by atoms with van der Waals surface area (Å²) in [5.41, 5.74) is 3.75. The lowest BCUT2D eigenvalue weighted by Gasteiger charge is -2.27. The van der Waals surface area contributed by atoms with Crippen molar-refractivity contribution in [1.29, 1.82) is 0 Å². The van der Waals surface area contributed by atoms with Crippen molar-refractivity contribution in [1.82, 2.24) is 4.90 Å². The second kappa shape index (κ2) is 14.0. The SMILES string of the molecule is CCOC(=O)c1c(NC(=O)CSc2cccc(NC(=O)c3cccc(Cl)c3)c2)sc2c1CCN(Cc1ccccc1)C2. The summed E-state index contributed by atoms with van der Waals surface area (Å²) < 4.78 is 5.37. The molecule has 5 rings (SSSR count). The van der Waals surface area contributed by atoms with E-state index < -0.39 is 5.97 Å². The summed E-state index contributed by atoms with van der Waals surface area (Å²) in [5.74, 6) is -0.763. The molecule has 216 valence electrons.